The van der Waals surface area contributed by atoms with Crippen molar-refractivity contribution < 1.29 is 24.3 Å². The minimum absolute atomic E-state index is 0.179. The molecule has 0 unspecified atom stereocenters. The zero-order chi connectivity index (χ0) is 20.1. The molecule has 0 radical (unpaired) electrons. The van der Waals surface area contributed by atoms with E-state index >= 15 is 0 Å². The zero-order valence-electron chi connectivity index (χ0n) is 15.7. The number of amides is 3. The molecule has 0 aliphatic carbocycles. The molecular formula is C20H25N3O5. The monoisotopic (exact) mass is 387 g/mol. The molecule has 0 spiro atoms. The van der Waals surface area contributed by atoms with Crippen molar-refractivity contribution in [1.82, 2.24) is 10.2 Å². The molecule has 2 heterocycles. The summed E-state index contributed by atoms with van der Waals surface area (Å²) in [5.74, 6) is -1.64. The van der Waals surface area contributed by atoms with Crippen LogP contribution < -0.4 is 10.6 Å². The first-order chi connectivity index (χ1) is 13.5. The number of unbranched alkanes of at least 4 members (excludes halogenated alkanes) is 3. The first kappa shape index (κ1) is 19.9. The summed E-state index contributed by atoms with van der Waals surface area (Å²) in [6.07, 6.45) is 4.21. The normalized spacial score (nSPS) is 18.8. The number of rotatable bonds is 9. The Hall–Kier alpha value is -2.90. The van der Waals surface area contributed by atoms with Crippen LogP contribution in [0.15, 0.2) is 18.2 Å². The van der Waals surface area contributed by atoms with Crippen molar-refractivity contribution in [2.75, 3.05) is 11.9 Å². The summed E-state index contributed by atoms with van der Waals surface area (Å²) >= 11 is 0. The second kappa shape index (κ2) is 8.86. The van der Waals surface area contributed by atoms with E-state index in [0.717, 1.165) is 37.1 Å². The van der Waals surface area contributed by atoms with Gasteiger partial charge in [0, 0.05) is 42.7 Å². The number of hydrogen-bond donors (Lipinski definition) is 3. The summed E-state index contributed by atoms with van der Waals surface area (Å²) in [7, 11) is 0. The standard InChI is InChI=1S/C20H25N3O5/c24-17-10-9-16(19(27)22-17)23-12-14-13(20(23)28)6-5-7-15(14)21-11-4-2-1-3-8-18(25)26/h5-7,16,21H,1-4,8-12H2,(H,25,26)(H,22,24,27)/t16-/m1/s1. The molecule has 2 aliphatic heterocycles. The summed E-state index contributed by atoms with van der Waals surface area (Å²) in [4.78, 5) is 48.3. The number of nitrogens with zero attached hydrogens (tertiary/aromatic N) is 1. The Bertz CT molecular complexity index is 792. The molecule has 3 rings (SSSR count). The summed E-state index contributed by atoms with van der Waals surface area (Å²) in [6.45, 7) is 1.08. The minimum Gasteiger partial charge on any atom is -0.481 e. The van der Waals surface area contributed by atoms with Crippen LogP contribution in [-0.2, 0) is 20.9 Å². The molecule has 0 aromatic heterocycles. The fourth-order valence-electron chi connectivity index (χ4n) is 3.73. The Morgan fingerprint density at radius 3 is 2.71 bits per heavy atom. The molecule has 0 bridgehead atoms. The smallest absolute Gasteiger partial charge is 0.303 e. The minimum atomic E-state index is -0.761. The van der Waals surface area contributed by atoms with Gasteiger partial charge in [-0.05, 0) is 31.4 Å². The maximum Gasteiger partial charge on any atom is 0.303 e. The molecular weight excluding hydrogens is 362 g/mol. The third kappa shape index (κ3) is 4.49. The first-order valence-electron chi connectivity index (χ1n) is 9.69. The first-order valence-corrected chi connectivity index (χ1v) is 9.69. The average molecular weight is 387 g/mol. The lowest BCUT2D eigenvalue weighted by atomic mass is 10.0. The van der Waals surface area contributed by atoms with Crippen molar-refractivity contribution in [3.8, 4) is 0 Å². The molecule has 1 atom stereocenters. The van der Waals surface area contributed by atoms with Gasteiger partial charge in [-0.3, -0.25) is 24.5 Å². The number of nitrogens with one attached hydrogen (secondary N) is 2. The highest BCUT2D eigenvalue weighted by Gasteiger charge is 2.39. The predicted octanol–water partition coefficient (Wildman–Crippen LogP) is 1.89. The Morgan fingerprint density at radius 2 is 1.96 bits per heavy atom. The van der Waals surface area contributed by atoms with Gasteiger partial charge in [0.1, 0.15) is 6.04 Å². The van der Waals surface area contributed by atoms with Crippen molar-refractivity contribution in [2.45, 2.75) is 57.5 Å². The van der Waals surface area contributed by atoms with E-state index in [2.05, 4.69) is 10.6 Å². The van der Waals surface area contributed by atoms with Crippen molar-refractivity contribution in [3.05, 3.63) is 29.3 Å². The Balaban J connectivity index is 1.56. The number of imide groups is 1. The molecule has 2 aliphatic rings. The summed E-state index contributed by atoms with van der Waals surface area (Å²) in [6, 6.07) is 4.89. The van der Waals surface area contributed by atoms with Crippen LogP contribution in [0, 0.1) is 0 Å². The number of anilines is 1. The molecule has 1 aromatic rings. The Kier molecular flexibility index (Phi) is 6.28. The van der Waals surface area contributed by atoms with Gasteiger partial charge < -0.3 is 15.3 Å². The van der Waals surface area contributed by atoms with Crippen LogP contribution in [0.5, 0.6) is 0 Å². The molecule has 1 aromatic carbocycles. The molecule has 1 saturated heterocycles. The van der Waals surface area contributed by atoms with Crippen LogP contribution in [-0.4, -0.2) is 46.3 Å². The number of carboxylic acids is 1. The van der Waals surface area contributed by atoms with Gasteiger partial charge in [-0.1, -0.05) is 18.9 Å². The maximum absolute atomic E-state index is 12.8. The van der Waals surface area contributed by atoms with E-state index in [1.807, 2.05) is 12.1 Å². The number of carbonyl (C=O) groups is 4. The van der Waals surface area contributed by atoms with Gasteiger partial charge in [-0.15, -0.1) is 0 Å². The van der Waals surface area contributed by atoms with Gasteiger partial charge in [-0.25, -0.2) is 0 Å². The number of piperidine rings is 1. The number of benzene rings is 1. The van der Waals surface area contributed by atoms with Gasteiger partial charge >= 0.3 is 5.97 Å². The van der Waals surface area contributed by atoms with E-state index in [1.165, 1.54) is 0 Å². The van der Waals surface area contributed by atoms with E-state index in [1.54, 1.807) is 11.0 Å². The third-order valence-electron chi connectivity index (χ3n) is 5.21. The van der Waals surface area contributed by atoms with Crippen LogP contribution in [0.2, 0.25) is 0 Å². The summed E-state index contributed by atoms with van der Waals surface area (Å²) < 4.78 is 0. The third-order valence-corrected chi connectivity index (χ3v) is 5.21. The fraction of sp³-hybridized carbons (Fsp3) is 0.500. The van der Waals surface area contributed by atoms with Crippen molar-refractivity contribution in [2.24, 2.45) is 0 Å². The SMILES string of the molecule is O=C(O)CCCCCCNc1cccc2c1CN([C@@H]1CCC(=O)NC1=O)C2=O. The molecule has 28 heavy (non-hydrogen) atoms. The van der Waals surface area contributed by atoms with Gasteiger partial charge in [0.05, 0.1) is 0 Å². The van der Waals surface area contributed by atoms with E-state index in [-0.39, 0.29) is 24.7 Å². The van der Waals surface area contributed by atoms with E-state index in [9.17, 15) is 19.2 Å². The lowest BCUT2D eigenvalue weighted by Gasteiger charge is -2.29. The maximum atomic E-state index is 12.8. The fourth-order valence-corrected chi connectivity index (χ4v) is 3.73. The summed E-state index contributed by atoms with van der Waals surface area (Å²) in [5, 5.41) is 14.3. The van der Waals surface area contributed by atoms with E-state index in [4.69, 9.17) is 5.11 Å². The highest BCUT2D eigenvalue weighted by atomic mass is 16.4. The molecule has 8 nitrogen and oxygen atoms in total. The topological polar surface area (TPSA) is 116 Å². The van der Waals surface area contributed by atoms with E-state index in [0.29, 0.717) is 24.9 Å². The number of aliphatic carboxylic acids is 1. The van der Waals surface area contributed by atoms with Gasteiger partial charge in [0.25, 0.3) is 5.91 Å². The zero-order valence-corrected chi connectivity index (χ0v) is 15.7. The van der Waals surface area contributed by atoms with Crippen LogP contribution >= 0.6 is 0 Å². The van der Waals surface area contributed by atoms with Crippen LogP contribution in [0.3, 0.4) is 0 Å². The largest absolute Gasteiger partial charge is 0.481 e. The Morgan fingerprint density at radius 1 is 1.18 bits per heavy atom. The second-order valence-electron chi connectivity index (χ2n) is 7.22. The van der Waals surface area contributed by atoms with Gasteiger partial charge in [0.2, 0.25) is 11.8 Å². The predicted molar refractivity (Wildman–Crippen MR) is 102 cm³/mol. The van der Waals surface area contributed by atoms with Gasteiger partial charge in [0.15, 0.2) is 0 Å². The van der Waals surface area contributed by atoms with Crippen molar-refractivity contribution in [1.29, 1.82) is 0 Å². The van der Waals surface area contributed by atoms with Crippen molar-refractivity contribution >= 4 is 29.4 Å². The lowest BCUT2D eigenvalue weighted by Crippen LogP contribution is -2.52. The van der Waals surface area contributed by atoms with Crippen LogP contribution in [0.25, 0.3) is 0 Å². The highest BCUT2D eigenvalue weighted by Crippen LogP contribution is 2.32. The molecule has 0 saturated carbocycles. The van der Waals surface area contributed by atoms with Gasteiger partial charge in [-0.2, -0.15) is 0 Å². The average Bonchev–Trinajstić information content (AvgIpc) is 2.98. The molecule has 1 fully saturated rings. The molecule has 3 amide bonds. The number of carbonyl (C=O) groups excluding carboxylic acids is 3. The van der Waals surface area contributed by atoms with E-state index < -0.39 is 17.9 Å². The summed E-state index contributed by atoms with van der Waals surface area (Å²) in [5.41, 5.74) is 2.35. The number of hydrogen-bond acceptors (Lipinski definition) is 5. The Labute approximate surface area is 163 Å². The molecule has 3 N–H and O–H groups in total. The second-order valence-corrected chi connectivity index (χ2v) is 7.22. The lowest BCUT2D eigenvalue weighted by molar-refractivity contribution is -0.138. The molecule has 8 heteroatoms. The number of fused-ring (bicyclic) bond motifs is 1. The number of carboxylic acid groups (broad SMARTS) is 1. The van der Waals surface area contributed by atoms with Crippen LogP contribution in [0.4, 0.5) is 5.69 Å². The van der Waals surface area contributed by atoms with Crippen LogP contribution in [0.1, 0.15) is 60.9 Å². The van der Waals surface area contributed by atoms with Crippen molar-refractivity contribution in [3.63, 3.8) is 0 Å². The highest BCUT2D eigenvalue weighted by molar-refractivity contribution is 6.06. The quantitative estimate of drug-likeness (QED) is 0.440. The molecule has 150 valence electrons.